The van der Waals surface area contributed by atoms with E-state index in [1.807, 2.05) is 0 Å². The lowest BCUT2D eigenvalue weighted by Crippen LogP contribution is -2.32. The minimum Gasteiger partial charge on any atom is -0.296 e. The van der Waals surface area contributed by atoms with Gasteiger partial charge in [0.05, 0.1) is 4.47 Å². The second-order valence-corrected chi connectivity index (χ2v) is 5.95. The summed E-state index contributed by atoms with van der Waals surface area (Å²) in [4.78, 5) is 2.11. The molecule has 0 radical (unpaired) electrons. The third-order valence-corrected chi connectivity index (χ3v) is 3.89. The third-order valence-electron chi connectivity index (χ3n) is 3.28. The van der Waals surface area contributed by atoms with Crippen LogP contribution in [0.2, 0.25) is 0 Å². The van der Waals surface area contributed by atoms with Gasteiger partial charge in [-0.05, 0) is 54.9 Å². The first-order valence-electron chi connectivity index (χ1n) is 6.83. The highest BCUT2D eigenvalue weighted by atomic mass is 79.9. The minimum atomic E-state index is -0.485. The van der Waals surface area contributed by atoms with Gasteiger partial charge in [0.15, 0.2) is 0 Å². The summed E-state index contributed by atoms with van der Waals surface area (Å²) in [5, 5.41) is 0. The van der Waals surface area contributed by atoms with Crippen molar-refractivity contribution in [1.82, 2.24) is 4.90 Å². The maximum absolute atomic E-state index is 14.0. The Labute approximate surface area is 123 Å². The van der Waals surface area contributed by atoms with Gasteiger partial charge in [-0.15, -0.1) is 0 Å². The maximum atomic E-state index is 14.0. The lowest BCUT2D eigenvalue weighted by Gasteiger charge is -2.27. The molecule has 1 nitrogen and oxygen atoms in total. The highest BCUT2D eigenvalue weighted by Gasteiger charge is 2.17. The maximum Gasteiger partial charge on any atom is 0.144 e. The van der Waals surface area contributed by atoms with Crippen molar-refractivity contribution in [3.63, 3.8) is 0 Å². The highest BCUT2D eigenvalue weighted by molar-refractivity contribution is 9.10. The first-order valence-corrected chi connectivity index (χ1v) is 7.63. The van der Waals surface area contributed by atoms with Gasteiger partial charge >= 0.3 is 0 Å². The summed E-state index contributed by atoms with van der Waals surface area (Å²) in [7, 11) is 0. The van der Waals surface area contributed by atoms with Gasteiger partial charge in [-0.3, -0.25) is 4.90 Å². The predicted octanol–water partition coefficient (Wildman–Crippen LogP) is 5.13. The fourth-order valence-electron chi connectivity index (χ4n) is 2.00. The third kappa shape index (κ3) is 4.84. The summed E-state index contributed by atoms with van der Waals surface area (Å²) in [5.41, 5.74) is 0.152. The normalized spacial score (nSPS) is 11.6. The van der Waals surface area contributed by atoms with E-state index in [4.69, 9.17) is 0 Å². The van der Waals surface area contributed by atoms with Crippen LogP contribution in [0.1, 0.15) is 45.6 Å². The van der Waals surface area contributed by atoms with Crippen molar-refractivity contribution in [3.8, 4) is 0 Å². The summed E-state index contributed by atoms with van der Waals surface area (Å²) in [6.45, 7) is 7.45. The number of hydrogen-bond acceptors (Lipinski definition) is 1. The Bertz CT molecular complexity index is 407. The first-order chi connectivity index (χ1) is 8.97. The van der Waals surface area contributed by atoms with Gasteiger partial charge in [0.25, 0.3) is 0 Å². The quantitative estimate of drug-likeness (QED) is 0.494. The molecule has 0 bridgehead atoms. The molecular weight excluding hydrogens is 312 g/mol. The van der Waals surface area contributed by atoms with Gasteiger partial charge in [0.1, 0.15) is 11.6 Å². The Kier molecular flexibility index (Phi) is 6.94. The highest BCUT2D eigenvalue weighted by Crippen LogP contribution is 2.23. The zero-order chi connectivity index (χ0) is 14.4. The van der Waals surface area contributed by atoms with Gasteiger partial charge < -0.3 is 0 Å². The molecule has 0 amide bonds. The molecule has 0 N–H and O–H groups in total. The molecule has 0 aromatic heterocycles. The lowest BCUT2D eigenvalue weighted by atomic mass is 10.1. The van der Waals surface area contributed by atoms with E-state index in [1.165, 1.54) is 12.1 Å². The summed E-state index contributed by atoms with van der Waals surface area (Å²) in [6, 6.07) is 2.99. The van der Waals surface area contributed by atoms with Crippen LogP contribution in [0.3, 0.4) is 0 Å². The fraction of sp³-hybridized carbons (Fsp3) is 0.600. The minimum absolute atomic E-state index is 0.152. The molecule has 0 aliphatic carbocycles. The van der Waals surface area contributed by atoms with Gasteiger partial charge in [-0.25, -0.2) is 8.78 Å². The van der Waals surface area contributed by atoms with Crippen LogP contribution in [0.15, 0.2) is 16.6 Å². The number of unbranched alkanes of at least 4 members (excludes halogenated alkanes) is 2. The molecule has 0 unspecified atom stereocenters. The van der Waals surface area contributed by atoms with Crippen LogP contribution in [-0.2, 0) is 6.54 Å². The molecule has 0 heterocycles. The van der Waals surface area contributed by atoms with E-state index in [1.54, 1.807) is 0 Å². The van der Waals surface area contributed by atoms with Crippen LogP contribution in [0.25, 0.3) is 0 Å². The Morgan fingerprint density at radius 1 is 1.21 bits per heavy atom. The van der Waals surface area contributed by atoms with Crippen LogP contribution in [-0.4, -0.2) is 17.5 Å². The van der Waals surface area contributed by atoms with E-state index in [9.17, 15) is 8.78 Å². The predicted molar refractivity (Wildman–Crippen MR) is 79.1 cm³/mol. The molecule has 0 spiro atoms. The molecule has 0 aliphatic rings. The average molecular weight is 334 g/mol. The lowest BCUT2D eigenvalue weighted by molar-refractivity contribution is 0.203. The summed E-state index contributed by atoms with van der Waals surface area (Å²) in [5.74, 6) is -0.956. The van der Waals surface area contributed by atoms with E-state index in [2.05, 4.69) is 41.6 Å². The molecule has 0 saturated heterocycles. The van der Waals surface area contributed by atoms with Crippen molar-refractivity contribution in [2.75, 3.05) is 6.54 Å². The van der Waals surface area contributed by atoms with Gasteiger partial charge in [-0.1, -0.05) is 19.8 Å². The van der Waals surface area contributed by atoms with Crippen LogP contribution in [0.5, 0.6) is 0 Å². The second kappa shape index (κ2) is 7.95. The summed E-state index contributed by atoms with van der Waals surface area (Å²) < 4.78 is 28.0. The smallest absolute Gasteiger partial charge is 0.144 e. The molecular formula is C15H22BrF2N. The topological polar surface area (TPSA) is 3.24 Å². The number of hydrogen-bond donors (Lipinski definition) is 0. The van der Waals surface area contributed by atoms with Gasteiger partial charge in [-0.2, -0.15) is 0 Å². The number of halogens is 3. The van der Waals surface area contributed by atoms with E-state index in [-0.39, 0.29) is 11.6 Å². The van der Waals surface area contributed by atoms with Crippen LogP contribution >= 0.6 is 15.9 Å². The van der Waals surface area contributed by atoms with Crippen LogP contribution in [0.4, 0.5) is 8.78 Å². The largest absolute Gasteiger partial charge is 0.296 e. The molecule has 0 fully saturated rings. The number of benzene rings is 1. The monoisotopic (exact) mass is 333 g/mol. The molecule has 1 aromatic rings. The molecule has 19 heavy (non-hydrogen) atoms. The van der Waals surface area contributed by atoms with Crippen molar-refractivity contribution in [3.05, 3.63) is 33.8 Å². The SMILES string of the molecule is CCCCCN(Cc1c(F)ccc(Br)c1F)C(C)C. The van der Waals surface area contributed by atoms with Crippen molar-refractivity contribution < 1.29 is 8.78 Å². The summed E-state index contributed by atoms with van der Waals surface area (Å²) >= 11 is 3.11. The Balaban J connectivity index is 2.81. The molecule has 0 atom stereocenters. The zero-order valence-corrected chi connectivity index (χ0v) is 13.4. The zero-order valence-electron chi connectivity index (χ0n) is 11.8. The first kappa shape index (κ1) is 16.6. The van der Waals surface area contributed by atoms with E-state index >= 15 is 0 Å². The molecule has 1 aromatic carbocycles. The number of nitrogens with zero attached hydrogens (tertiary/aromatic N) is 1. The average Bonchev–Trinajstić information content (AvgIpc) is 2.37. The Hall–Kier alpha value is -0.480. The van der Waals surface area contributed by atoms with E-state index in [0.29, 0.717) is 11.0 Å². The molecule has 4 heteroatoms. The summed E-state index contributed by atoms with van der Waals surface area (Å²) in [6.07, 6.45) is 3.35. The van der Waals surface area contributed by atoms with Gasteiger partial charge in [0, 0.05) is 18.2 Å². The van der Waals surface area contributed by atoms with Crippen LogP contribution in [0, 0.1) is 11.6 Å². The standard InChI is InChI=1S/C15H22BrF2N/c1-4-5-6-9-19(11(2)3)10-12-14(17)8-7-13(16)15(12)18/h7-8,11H,4-6,9-10H2,1-3H3. The molecule has 0 saturated carbocycles. The van der Waals surface area contributed by atoms with E-state index in [0.717, 1.165) is 25.8 Å². The Morgan fingerprint density at radius 2 is 1.89 bits per heavy atom. The van der Waals surface area contributed by atoms with Crippen LogP contribution < -0.4 is 0 Å². The van der Waals surface area contributed by atoms with Crippen molar-refractivity contribution in [1.29, 1.82) is 0 Å². The molecule has 0 aliphatic heterocycles. The van der Waals surface area contributed by atoms with Gasteiger partial charge in [0.2, 0.25) is 0 Å². The molecule has 1 rings (SSSR count). The number of rotatable bonds is 7. The molecule has 108 valence electrons. The van der Waals surface area contributed by atoms with E-state index < -0.39 is 11.6 Å². The van der Waals surface area contributed by atoms with Crippen molar-refractivity contribution in [2.45, 2.75) is 52.6 Å². The van der Waals surface area contributed by atoms with Crippen molar-refractivity contribution >= 4 is 15.9 Å². The second-order valence-electron chi connectivity index (χ2n) is 5.09. The Morgan fingerprint density at radius 3 is 2.47 bits per heavy atom. The fourth-order valence-corrected chi connectivity index (χ4v) is 2.37. The van der Waals surface area contributed by atoms with Crippen molar-refractivity contribution in [2.24, 2.45) is 0 Å².